The summed E-state index contributed by atoms with van der Waals surface area (Å²) in [5.74, 6) is 0.225. The van der Waals surface area contributed by atoms with E-state index in [4.69, 9.17) is 5.11 Å². The number of aromatic hydroxyl groups is 1. The topological polar surface area (TPSA) is 40.5 Å². The van der Waals surface area contributed by atoms with Gasteiger partial charge in [0, 0.05) is 0 Å². The van der Waals surface area contributed by atoms with Crippen LogP contribution >= 0.6 is 0 Å². The maximum atomic E-state index is 9.57. The van der Waals surface area contributed by atoms with E-state index in [-0.39, 0.29) is 27.6 Å². The van der Waals surface area contributed by atoms with E-state index in [2.05, 4.69) is 5.71 Å². The minimum absolute atomic E-state index is 0.0149. The molecule has 2 unspecified atom stereocenters. The number of hydrogen-bond acceptors (Lipinski definition) is 2. The first-order valence-electron chi connectivity index (χ1n) is 3.85. The molecule has 1 aromatic rings. The molecule has 0 heterocycles. The molecule has 3 heteroatoms. The predicted molar refractivity (Wildman–Crippen MR) is 50.9 cm³/mol. The average molecular weight is 228 g/mol. The molecule has 0 aliphatic carbocycles. The normalized spacial score (nSPS) is 13.8. The monoisotopic (exact) mass is 228 g/mol. The Bertz CT molecular complexity index is 250. The van der Waals surface area contributed by atoms with E-state index in [1.54, 1.807) is 18.2 Å². The maximum absolute atomic E-state index is 9.57. The summed E-state index contributed by atoms with van der Waals surface area (Å²) >= 11 is -0.0149. The van der Waals surface area contributed by atoms with Crippen molar-refractivity contribution in [2.75, 3.05) is 0 Å². The zero-order valence-corrected chi connectivity index (χ0v) is 9.09. The number of aliphatic hydroxyl groups excluding tert-OH is 1. The van der Waals surface area contributed by atoms with Crippen LogP contribution in [0.2, 0.25) is 10.9 Å². The van der Waals surface area contributed by atoms with E-state index in [0.717, 1.165) is 10.8 Å². The Morgan fingerprint density at radius 1 is 1.50 bits per heavy atom. The van der Waals surface area contributed by atoms with Crippen molar-refractivity contribution in [3.05, 3.63) is 29.8 Å². The van der Waals surface area contributed by atoms with Crippen LogP contribution in [-0.2, 0) is 0 Å². The Morgan fingerprint density at radius 2 is 2.25 bits per heavy atom. The van der Waals surface area contributed by atoms with Crippen LogP contribution in [0.3, 0.4) is 0 Å². The van der Waals surface area contributed by atoms with Gasteiger partial charge in [-0.1, -0.05) is 0 Å². The molecule has 1 rings (SSSR count). The van der Waals surface area contributed by atoms with E-state index >= 15 is 0 Å². The molecule has 1 aromatic carbocycles. The molecule has 66 valence electrons. The summed E-state index contributed by atoms with van der Waals surface area (Å²) in [5.41, 5.74) is 2.96. The molecule has 2 N–H and O–H groups in total. The molecule has 0 amide bonds. The minimum atomic E-state index is -0.387. The molecular formula is C9H13AsO2. The zero-order chi connectivity index (χ0) is 8.97. The van der Waals surface area contributed by atoms with E-state index < -0.39 is 0 Å². The van der Waals surface area contributed by atoms with Gasteiger partial charge in [0.25, 0.3) is 0 Å². The van der Waals surface area contributed by atoms with Crippen LogP contribution in [0, 0.1) is 0 Å². The van der Waals surface area contributed by atoms with E-state index in [1.165, 1.54) is 0 Å². The molecule has 2 atom stereocenters. The number of aliphatic hydroxyl groups is 1. The van der Waals surface area contributed by atoms with Crippen LogP contribution in [0.4, 0.5) is 0 Å². The fourth-order valence-corrected chi connectivity index (χ4v) is 2.35. The predicted octanol–water partition coefficient (Wildman–Crippen LogP) is 1.33. The molecule has 0 aliphatic heterocycles. The van der Waals surface area contributed by atoms with E-state index in [0.29, 0.717) is 0 Å². The fraction of sp³-hybridized carbons (Fsp3) is 0.333. The third-order valence-corrected chi connectivity index (χ3v) is 3.32. The van der Waals surface area contributed by atoms with Gasteiger partial charge in [0.2, 0.25) is 0 Å². The van der Waals surface area contributed by atoms with Gasteiger partial charge in [-0.25, -0.2) is 0 Å². The summed E-state index contributed by atoms with van der Waals surface area (Å²) in [4.78, 5) is 0. The van der Waals surface area contributed by atoms with Crippen LogP contribution in [-0.4, -0.2) is 26.0 Å². The Morgan fingerprint density at radius 3 is 2.83 bits per heavy atom. The molecule has 0 fully saturated rings. The van der Waals surface area contributed by atoms with Gasteiger partial charge < -0.3 is 0 Å². The average Bonchev–Trinajstić information content (AvgIpc) is 2.05. The van der Waals surface area contributed by atoms with Crippen molar-refractivity contribution in [2.45, 2.75) is 17.0 Å². The number of rotatable bonds is 3. The molecule has 0 bridgehead atoms. The van der Waals surface area contributed by atoms with E-state index in [9.17, 15) is 5.11 Å². The first kappa shape index (κ1) is 9.63. The Hall–Kier alpha value is -0.462. The van der Waals surface area contributed by atoms with Gasteiger partial charge in [-0.15, -0.1) is 0 Å². The fourth-order valence-electron chi connectivity index (χ4n) is 1.04. The van der Waals surface area contributed by atoms with Crippen LogP contribution in [0.5, 0.6) is 5.75 Å². The third kappa shape index (κ3) is 2.54. The summed E-state index contributed by atoms with van der Waals surface area (Å²) < 4.78 is 0. The Labute approximate surface area is 78.9 Å². The van der Waals surface area contributed by atoms with Gasteiger partial charge in [-0.05, 0) is 0 Å². The molecule has 0 spiro atoms. The second kappa shape index (κ2) is 4.54. The molecule has 0 saturated carbocycles. The molecule has 0 saturated heterocycles. The van der Waals surface area contributed by atoms with Crippen molar-refractivity contribution < 1.29 is 10.2 Å². The SMILES string of the molecule is C[AsH]CC(O)c1cccc(O)c1. The van der Waals surface area contributed by atoms with Gasteiger partial charge in [0.1, 0.15) is 0 Å². The number of hydrogen-bond donors (Lipinski definition) is 2. The number of benzene rings is 1. The molecular weight excluding hydrogens is 215 g/mol. The first-order valence-corrected chi connectivity index (χ1v) is 7.44. The first-order chi connectivity index (χ1) is 5.74. The second-order valence-electron chi connectivity index (χ2n) is 2.67. The Kier molecular flexibility index (Phi) is 3.64. The van der Waals surface area contributed by atoms with Crippen molar-refractivity contribution in [2.24, 2.45) is 0 Å². The summed E-state index contributed by atoms with van der Waals surface area (Å²) in [7, 11) is 0. The number of phenolic OH excluding ortho intramolecular Hbond substituents is 1. The quantitative estimate of drug-likeness (QED) is 0.766. The van der Waals surface area contributed by atoms with Crippen molar-refractivity contribution in [1.29, 1.82) is 0 Å². The van der Waals surface area contributed by atoms with Gasteiger partial charge in [-0.2, -0.15) is 0 Å². The van der Waals surface area contributed by atoms with Crippen molar-refractivity contribution >= 4 is 15.8 Å². The van der Waals surface area contributed by atoms with Gasteiger partial charge >= 0.3 is 78.6 Å². The zero-order valence-electron chi connectivity index (χ0n) is 6.99. The van der Waals surface area contributed by atoms with E-state index in [1.807, 2.05) is 6.07 Å². The van der Waals surface area contributed by atoms with Gasteiger partial charge in [-0.3, -0.25) is 0 Å². The summed E-state index contributed by atoms with van der Waals surface area (Å²) in [6.07, 6.45) is -0.387. The van der Waals surface area contributed by atoms with Crippen LogP contribution in [0.1, 0.15) is 11.7 Å². The van der Waals surface area contributed by atoms with Crippen molar-refractivity contribution in [3.63, 3.8) is 0 Å². The van der Waals surface area contributed by atoms with Crippen LogP contribution in [0.15, 0.2) is 24.3 Å². The standard InChI is InChI=1S/C9H13AsO2/c1-10-6-9(12)7-3-2-4-8(11)5-7/h2-5,9-12H,6H2,1H3. The van der Waals surface area contributed by atoms with Crippen molar-refractivity contribution in [3.8, 4) is 5.75 Å². The summed E-state index contributed by atoms with van der Waals surface area (Å²) in [6, 6.07) is 6.82. The molecule has 0 radical (unpaired) electrons. The van der Waals surface area contributed by atoms with Crippen LogP contribution in [0.25, 0.3) is 0 Å². The Balaban J connectivity index is 2.73. The number of phenols is 1. The van der Waals surface area contributed by atoms with Gasteiger partial charge in [0.15, 0.2) is 0 Å². The summed E-state index contributed by atoms with van der Waals surface area (Å²) in [5, 5.41) is 19.6. The molecule has 0 aliphatic rings. The molecule has 12 heavy (non-hydrogen) atoms. The second-order valence-corrected chi connectivity index (χ2v) is 5.01. The third-order valence-electron chi connectivity index (χ3n) is 1.65. The van der Waals surface area contributed by atoms with Crippen LogP contribution < -0.4 is 0 Å². The van der Waals surface area contributed by atoms with Gasteiger partial charge in [0.05, 0.1) is 0 Å². The summed E-state index contributed by atoms with van der Waals surface area (Å²) in [6.45, 7) is 0. The molecule has 0 aromatic heterocycles. The molecule has 2 nitrogen and oxygen atoms in total. The van der Waals surface area contributed by atoms with Crippen molar-refractivity contribution in [1.82, 2.24) is 0 Å².